The molecule has 6 heteroatoms. The fraction of sp³-hybridized carbons (Fsp3) is 0.800. The number of aromatic nitrogens is 3. The SMILES string of the molecule is CC1CCCC(C)N1C(=O)CSc1nnc2c(n1)C1(C)CCC2C1(C)C. The first-order valence-corrected chi connectivity index (χ1v) is 10.9. The Kier molecular flexibility index (Phi) is 4.33. The van der Waals surface area contributed by atoms with E-state index in [1.807, 2.05) is 0 Å². The summed E-state index contributed by atoms with van der Waals surface area (Å²) in [6.45, 7) is 11.3. The Morgan fingerprint density at radius 1 is 1.15 bits per heavy atom. The molecule has 0 radical (unpaired) electrons. The van der Waals surface area contributed by atoms with Crippen LogP contribution in [0.25, 0.3) is 0 Å². The van der Waals surface area contributed by atoms with E-state index >= 15 is 0 Å². The Labute approximate surface area is 160 Å². The molecule has 1 amide bonds. The van der Waals surface area contributed by atoms with E-state index in [0.29, 0.717) is 28.9 Å². The topological polar surface area (TPSA) is 59.0 Å². The van der Waals surface area contributed by atoms with Crippen LogP contribution in [0.15, 0.2) is 5.16 Å². The number of fused-ring (bicyclic) bond motifs is 5. The third kappa shape index (κ3) is 2.51. The zero-order valence-corrected chi connectivity index (χ0v) is 17.4. The van der Waals surface area contributed by atoms with Gasteiger partial charge in [0, 0.05) is 23.4 Å². The number of nitrogens with zero attached hydrogens (tertiary/aromatic N) is 4. The molecule has 1 aromatic rings. The van der Waals surface area contributed by atoms with Crippen molar-refractivity contribution >= 4 is 17.7 Å². The van der Waals surface area contributed by atoms with Crippen LogP contribution in [-0.2, 0) is 10.2 Å². The van der Waals surface area contributed by atoms with Gasteiger partial charge in [-0.2, -0.15) is 5.10 Å². The van der Waals surface area contributed by atoms with Crippen LogP contribution < -0.4 is 0 Å². The molecule has 0 spiro atoms. The minimum Gasteiger partial charge on any atom is -0.337 e. The van der Waals surface area contributed by atoms with Gasteiger partial charge in [-0.1, -0.05) is 32.5 Å². The minimum atomic E-state index is 0.0815. The zero-order valence-electron chi connectivity index (χ0n) is 16.6. The van der Waals surface area contributed by atoms with Crippen molar-refractivity contribution in [3.8, 4) is 0 Å². The van der Waals surface area contributed by atoms with Gasteiger partial charge in [-0.05, 0) is 51.4 Å². The average molecular weight is 375 g/mol. The predicted octanol–water partition coefficient (Wildman–Crippen LogP) is 3.93. The third-order valence-electron chi connectivity index (χ3n) is 7.58. The Morgan fingerprint density at radius 3 is 2.54 bits per heavy atom. The van der Waals surface area contributed by atoms with Crippen molar-refractivity contribution in [2.45, 2.75) is 95.3 Å². The highest BCUT2D eigenvalue weighted by molar-refractivity contribution is 7.99. The van der Waals surface area contributed by atoms with Gasteiger partial charge < -0.3 is 4.90 Å². The molecule has 4 atom stereocenters. The smallest absolute Gasteiger partial charge is 0.233 e. The fourth-order valence-electron chi connectivity index (χ4n) is 5.54. The van der Waals surface area contributed by atoms with Gasteiger partial charge in [-0.3, -0.25) is 4.79 Å². The summed E-state index contributed by atoms with van der Waals surface area (Å²) in [5, 5.41) is 9.55. The minimum absolute atomic E-state index is 0.0815. The molecule has 26 heavy (non-hydrogen) atoms. The fourth-order valence-corrected chi connectivity index (χ4v) is 6.19. The van der Waals surface area contributed by atoms with Gasteiger partial charge in [0.05, 0.1) is 17.1 Å². The summed E-state index contributed by atoms with van der Waals surface area (Å²) >= 11 is 1.44. The zero-order chi connectivity index (χ0) is 18.7. The molecule has 2 fully saturated rings. The lowest BCUT2D eigenvalue weighted by molar-refractivity contribution is -0.134. The first-order chi connectivity index (χ1) is 12.3. The molecule has 5 nitrogen and oxygen atoms in total. The number of hydrogen-bond acceptors (Lipinski definition) is 5. The van der Waals surface area contributed by atoms with Crippen molar-refractivity contribution in [3.05, 3.63) is 11.4 Å². The molecule has 2 heterocycles. The summed E-state index contributed by atoms with van der Waals surface area (Å²) in [6.07, 6.45) is 5.77. The summed E-state index contributed by atoms with van der Waals surface area (Å²) < 4.78 is 0. The Morgan fingerprint density at radius 2 is 1.85 bits per heavy atom. The molecular formula is C20H30N4OS. The molecule has 1 saturated heterocycles. The van der Waals surface area contributed by atoms with Crippen molar-refractivity contribution in [3.63, 3.8) is 0 Å². The molecule has 142 valence electrons. The van der Waals surface area contributed by atoms with Crippen molar-refractivity contribution in [1.82, 2.24) is 20.1 Å². The average Bonchev–Trinajstić information content (AvgIpc) is 2.92. The molecule has 1 saturated carbocycles. The molecule has 4 rings (SSSR count). The lowest BCUT2D eigenvalue weighted by Gasteiger charge is -2.39. The van der Waals surface area contributed by atoms with Gasteiger partial charge >= 0.3 is 0 Å². The van der Waals surface area contributed by atoms with Crippen molar-refractivity contribution in [2.75, 3.05) is 5.75 Å². The maximum atomic E-state index is 12.7. The largest absolute Gasteiger partial charge is 0.337 e. The maximum Gasteiger partial charge on any atom is 0.233 e. The predicted molar refractivity (Wildman–Crippen MR) is 103 cm³/mol. The van der Waals surface area contributed by atoms with Crippen LogP contribution >= 0.6 is 11.8 Å². The van der Waals surface area contributed by atoms with Gasteiger partial charge in [0.1, 0.15) is 0 Å². The monoisotopic (exact) mass is 374 g/mol. The number of hydrogen-bond donors (Lipinski definition) is 0. The molecule has 3 aliphatic rings. The summed E-state index contributed by atoms with van der Waals surface area (Å²) in [4.78, 5) is 19.7. The number of piperidine rings is 1. The summed E-state index contributed by atoms with van der Waals surface area (Å²) in [6, 6.07) is 0.669. The van der Waals surface area contributed by atoms with Crippen LogP contribution in [0, 0.1) is 5.41 Å². The highest BCUT2D eigenvalue weighted by Crippen LogP contribution is 2.66. The molecular weight excluding hydrogens is 344 g/mol. The van der Waals surface area contributed by atoms with E-state index in [4.69, 9.17) is 4.98 Å². The maximum absolute atomic E-state index is 12.7. The second-order valence-corrected chi connectivity index (χ2v) is 10.1. The van der Waals surface area contributed by atoms with E-state index in [1.54, 1.807) is 0 Å². The second-order valence-electron chi connectivity index (χ2n) is 9.19. The molecule has 1 aromatic heterocycles. The van der Waals surface area contributed by atoms with Crippen LogP contribution in [0.1, 0.15) is 84.0 Å². The van der Waals surface area contributed by atoms with E-state index in [2.05, 4.69) is 49.7 Å². The summed E-state index contributed by atoms with van der Waals surface area (Å²) in [5.74, 6) is 1.07. The first-order valence-electron chi connectivity index (χ1n) is 9.95. The van der Waals surface area contributed by atoms with Crippen LogP contribution in [0.4, 0.5) is 0 Å². The van der Waals surface area contributed by atoms with E-state index < -0.39 is 0 Å². The first kappa shape index (κ1) is 18.2. The number of carbonyl (C=O) groups excluding carboxylic acids is 1. The number of carbonyl (C=O) groups is 1. The molecule has 1 aliphatic heterocycles. The highest BCUT2D eigenvalue weighted by atomic mass is 32.2. The van der Waals surface area contributed by atoms with Crippen LogP contribution in [0.3, 0.4) is 0 Å². The molecule has 0 N–H and O–H groups in total. The van der Waals surface area contributed by atoms with Crippen molar-refractivity contribution in [2.24, 2.45) is 5.41 Å². The summed E-state index contributed by atoms with van der Waals surface area (Å²) in [5.41, 5.74) is 2.49. The van der Waals surface area contributed by atoms with Crippen LogP contribution in [0.5, 0.6) is 0 Å². The third-order valence-corrected chi connectivity index (χ3v) is 8.40. The standard InChI is InChI=1S/C20H30N4OS/c1-12-7-6-8-13(2)24(12)15(25)11-26-18-21-17-16(22-23-18)14-9-10-20(17,5)19(14,3)4/h12-14H,6-11H2,1-5H3. The molecule has 2 bridgehead atoms. The van der Waals surface area contributed by atoms with Gasteiger partial charge in [-0.15, -0.1) is 5.10 Å². The highest BCUT2D eigenvalue weighted by Gasteiger charge is 2.61. The second kappa shape index (κ2) is 6.18. The molecule has 0 aromatic carbocycles. The van der Waals surface area contributed by atoms with E-state index in [1.165, 1.54) is 31.0 Å². The van der Waals surface area contributed by atoms with E-state index in [-0.39, 0.29) is 16.7 Å². The van der Waals surface area contributed by atoms with Crippen molar-refractivity contribution < 1.29 is 4.79 Å². The lowest BCUT2D eigenvalue weighted by Crippen LogP contribution is -2.48. The number of rotatable bonds is 3. The Balaban J connectivity index is 1.49. The molecule has 2 aliphatic carbocycles. The van der Waals surface area contributed by atoms with E-state index in [0.717, 1.165) is 24.2 Å². The Hall–Kier alpha value is -1.17. The van der Waals surface area contributed by atoms with Crippen LogP contribution in [0.2, 0.25) is 0 Å². The Bertz CT molecular complexity index is 727. The molecule has 4 unspecified atom stereocenters. The van der Waals surface area contributed by atoms with Gasteiger partial charge in [0.25, 0.3) is 0 Å². The van der Waals surface area contributed by atoms with Gasteiger partial charge in [0.2, 0.25) is 11.1 Å². The number of amides is 1. The number of likely N-dealkylation sites (tertiary alicyclic amines) is 1. The summed E-state index contributed by atoms with van der Waals surface area (Å²) in [7, 11) is 0. The van der Waals surface area contributed by atoms with Crippen LogP contribution in [-0.4, -0.2) is 43.8 Å². The lowest BCUT2D eigenvalue weighted by atomic mass is 9.70. The normalized spacial score (nSPS) is 34.8. The van der Waals surface area contributed by atoms with E-state index in [9.17, 15) is 4.79 Å². The number of thioether (sulfide) groups is 1. The van der Waals surface area contributed by atoms with Crippen molar-refractivity contribution in [1.29, 1.82) is 0 Å². The van der Waals surface area contributed by atoms with Gasteiger partial charge in [0.15, 0.2) is 0 Å². The van der Waals surface area contributed by atoms with Gasteiger partial charge in [-0.25, -0.2) is 4.98 Å². The quantitative estimate of drug-likeness (QED) is 0.750.